The third-order valence-electron chi connectivity index (χ3n) is 11.1. The van der Waals surface area contributed by atoms with Crippen LogP contribution < -0.4 is 0 Å². The van der Waals surface area contributed by atoms with Crippen molar-refractivity contribution >= 4 is 43.9 Å². The van der Waals surface area contributed by atoms with Crippen molar-refractivity contribution in [3.05, 3.63) is 195 Å². The third kappa shape index (κ3) is 5.61. The van der Waals surface area contributed by atoms with E-state index in [9.17, 15) is 0 Å². The van der Waals surface area contributed by atoms with Gasteiger partial charge in [0.05, 0.1) is 27.6 Å². The zero-order valence-electron chi connectivity index (χ0n) is 32.4. The highest BCUT2D eigenvalue weighted by Gasteiger charge is 2.30. The number of para-hydroxylation sites is 2. The molecule has 0 fully saturated rings. The van der Waals surface area contributed by atoms with Crippen molar-refractivity contribution < 1.29 is 0 Å². The van der Waals surface area contributed by atoms with Crippen LogP contribution in [0.3, 0.4) is 0 Å². The monoisotopic (exact) mass is 784 g/mol. The van der Waals surface area contributed by atoms with Gasteiger partial charge in [-0.15, -0.1) is 0 Å². The highest BCUT2D eigenvalue weighted by molar-refractivity contribution is 6.26. The Balaban J connectivity index is 1.31. The lowest BCUT2D eigenvalue weighted by atomic mass is 10.1. The van der Waals surface area contributed by atoms with E-state index in [0.29, 0.717) is 29.2 Å². The minimum Gasteiger partial charge on any atom is -0.306 e. The second kappa shape index (κ2) is 14.0. The third-order valence-corrected chi connectivity index (χ3v) is 11.1. The Labute approximate surface area is 348 Å². The Kier molecular flexibility index (Phi) is 7.92. The molecule has 6 aromatic heterocycles. The van der Waals surface area contributed by atoms with Gasteiger partial charge in [0.2, 0.25) is 5.95 Å². The Morgan fingerprint density at radius 1 is 0.295 bits per heavy atom. The van der Waals surface area contributed by atoms with Crippen LogP contribution in [0.4, 0.5) is 0 Å². The first kappa shape index (κ1) is 34.4. The fourth-order valence-corrected chi connectivity index (χ4v) is 8.51. The van der Waals surface area contributed by atoms with E-state index in [2.05, 4.69) is 125 Å². The molecule has 0 spiro atoms. The molecule has 12 rings (SSSR count). The molecule has 0 atom stereocenters. The Morgan fingerprint density at radius 3 is 1.18 bits per heavy atom. The summed E-state index contributed by atoms with van der Waals surface area (Å²) in [7, 11) is 0. The predicted molar refractivity (Wildman–Crippen MR) is 241 cm³/mol. The Morgan fingerprint density at radius 2 is 0.705 bits per heavy atom. The normalized spacial score (nSPS) is 11.6. The molecule has 0 radical (unpaired) electrons. The first-order valence-electron chi connectivity index (χ1n) is 20.0. The van der Waals surface area contributed by atoms with Crippen LogP contribution in [0.25, 0.3) is 107 Å². The van der Waals surface area contributed by atoms with Crippen LogP contribution in [0.1, 0.15) is 0 Å². The van der Waals surface area contributed by atoms with Crippen molar-refractivity contribution in [3.63, 3.8) is 0 Å². The molecule has 0 bridgehead atoms. The van der Waals surface area contributed by atoms with Crippen LogP contribution in [-0.4, -0.2) is 48.6 Å². The van der Waals surface area contributed by atoms with Crippen molar-refractivity contribution in [2.45, 2.75) is 0 Å². The molecule has 0 amide bonds. The minimum atomic E-state index is 0.492. The summed E-state index contributed by atoms with van der Waals surface area (Å²) >= 11 is 0. The molecular weight excluding hydrogens is 753 g/mol. The second-order valence-corrected chi connectivity index (χ2v) is 14.7. The Hall–Kier alpha value is -8.63. The van der Waals surface area contributed by atoms with Crippen LogP contribution in [0.15, 0.2) is 195 Å². The number of hydrogen-bond donors (Lipinski definition) is 0. The molecule has 10 nitrogen and oxygen atoms in total. The first-order valence-corrected chi connectivity index (χ1v) is 20.0. The number of benzene rings is 6. The van der Waals surface area contributed by atoms with Crippen LogP contribution in [0, 0.1) is 0 Å². The number of aromatic nitrogens is 10. The molecular formula is C51H32N10. The highest BCUT2D eigenvalue weighted by atomic mass is 15.2. The summed E-state index contributed by atoms with van der Waals surface area (Å²) in [6, 6.07) is 57.8. The van der Waals surface area contributed by atoms with Gasteiger partial charge in [-0.1, -0.05) is 97.1 Å². The van der Waals surface area contributed by atoms with Gasteiger partial charge in [0.25, 0.3) is 0 Å². The second-order valence-electron chi connectivity index (χ2n) is 14.7. The largest absolute Gasteiger partial charge is 0.306 e. The molecule has 61 heavy (non-hydrogen) atoms. The quantitative estimate of drug-likeness (QED) is 0.158. The predicted octanol–water partition coefficient (Wildman–Crippen LogP) is 11.1. The topological polar surface area (TPSA) is 105 Å². The average molecular weight is 785 g/mol. The summed E-state index contributed by atoms with van der Waals surface area (Å²) < 4.78 is 6.95. The van der Waals surface area contributed by atoms with E-state index >= 15 is 0 Å². The first-order chi connectivity index (χ1) is 30.3. The molecule has 0 aliphatic heterocycles. The number of nitrogens with zero attached hydrogens (tertiary/aromatic N) is 10. The van der Waals surface area contributed by atoms with Crippen LogP contribution in [0.5, 0.6) is 0 Å². The Bertz CT molecular complexity index is 3490. The number of hydrogen-bond acceptors (Lipinski definition) is 7. The number of fused-ring (bicyclic) bond motifs is 7. The summed E-state index contributed by atoms with van der Waals surface area (Å²) in [6.07, 6.45) is 7.11. The van der Waals surface area contributed by atoms with Gasteiger partial charge < -0.3 is 9.13 Å². The summed E-state index contributed by atoms with van der Waals surface area (Å²) in [5.74, 6) is 2.93. The summed E-state index contributed by atoms with van der Waals surface area (Å²) in [4.78, 5) is 34.4. The fourth-order valence-electron chi connectivity index (χ4n) is 8.51. The molecule has 6 aromatic carbocycles. The van der Waals surface area contributed by atoms with Crippen LogP contribution in [0.2, 0.25) is 0 Å². The van der Waals surface area contributed by atoms with Crippen LogP contribution in [-0.2, 0) is 0 Å². The van der Waals surface area contributed by atoms with Gasteiger partial charge in [-0.05, 0) is 72.8 Å². The van der Waals surface area contributed by atoms with Crippen molar-refractivity contribution in [1.29, 1.82) is 0 Å². The van der Waals surface area contributed by atoms with Gasteiger partial charge in [-0.3, -0.25) is 4.57 Å². The molecule has 0 aliphatic rings. The number of rotatable bonds is 7. The van der Waals surface area contributed by atoms with E-state index in [1.54, 1.807) is 24.8 Å². The standard InChI is InChI=1S/C51H32N10/c1-5-15-33(16-6-1)49-56-50(34-17-7-2-8-18-34)58-51(57-49)61-42-26-24-36(48-54-29-14-30-55-48)32-40(42)44-46(61)45-43(60(44)38-21-11-4-12-22-38)39-31-35(47-52-27-13-28-53-47)23-25-41(39)59(45)37-19-9-3-10-20-37/h1-32H. The molecule has 286 valence electrons. The van der Waals surface area contributed by atoms with E-state index in [4.69, 9.17) is 15.0 Å². The van der Waals surface area contributed by atoms with E-state index in [-0.39, 0.29) is 0 Å². The minimum absolute atomic E-state index is 0.492. The van der Waals surface area contributed by atoms with Gasteiger partial charge in [0.1, 0.15) is 5.52 Å². The molecule has 0 saturated carbocycles. The lowest BCUT2D eigenvalue weighted by Crippen LogP contribution is -2.07. The van der Waals surface area contributed by atoms with Crippen molar-refractivity contribution in [3.8, 4) is 62.9 Å². The summed E-state index contributed by atoms with van der Waals surface area (Å²) in [5, 5.41) is 2.02. The summed E-state index contributed by atoms with van der Waals surface area (Å²) in [6.45, 7) is 0. The zero-order chi connectivity index (χ0) is 40.3. The van der Waals surface area contributed by atoms with E-state index in [1.165, 1.54) is 0 Å². The van der Waals surface area contributed by atoms with Gasteiger partial charge in [0.15, 0.2) is 23.3 Å². The zero-order valence-corrected chi connectivity index (χ0v) is 32.4. The lowest BCUT2D eigenvalue weighted by molar-refractivity contribution is 0.953. The molecule has 0 saturated heterocycles. The van der Waals surface area contributed by atoms with Crippen molar-refractivity contribution in [1.82, 2.24) is 48.6 Å². The van der Waals surface area contributed by atoms with Gasteiger partial charge in [-0.25, -0.2) is 24.9 Å². The van der Waals surface area contributed by atoms with Crippen molar-refractivity contribution in [2.75, 3.05) is 0 Å². The lowest BCUT2D eigenvalue weighted by Gasteiger charge is -2.12. The molecule has 12 aromatic rings. The summed E-state index contributed by atoms with van der Waals surface area (Å²) in [5.41, 5.74) is 11.5. The molecule has 6 heterocycles. The van der Waals surface area contributed by atoms with E-state index < -0.39 is 0 Å². The maximum absolute atomic E-state index is 5.33. The molecule has 10 heteroatoms. The van der Waals surface area contributed by atoms with Gasteiger partial charge >= 0.3 is 0 Å². The fraction of sp³-hybridized carbons (Fsp3) is 0. The smallest absolute Gasteiger partial charge is 0.238 e. The van der Waals surface area contributed by atoms with Gasteiger partial charge in [0, 0.05) is 69.2 Å². The SMILES string of the molecule is c1ccc(-c2nc(-c3ccccc3)nc(-n3c4ccc(-c5ncccn5)cc4c4c3c3c(c5cc(-c6ncccn6)ccc5n3-c3ccccc3)n4-c3ccccc3)n2)cc1. The van der Waals surface area contributed by atoms with Gasteiger partial charge in [-0.2, -0.15) is 9.97 Å². The van der Waals surface area contributed by atoms with Crippen LogP contribution >= 0.6 is 0 Å². The average Bonchev–Trinajstić information content (AvgIpc) is 3.97. The maximum Gasteiger partial charge on any atom is 0.238 e. The molecule has 0 unspecified atom stereocenters. The highest BCUT2D eigenvalue weighted by Crippen LogP contribution is 2.46. The molecule has 0 aliphatic carbocycles. The molecule has 0 N–H and O–H groups in total. The van der Waals surface area contributed by atoms with Crippen molar-refractivity contribution in [2.24, 2.45) is 0 Å². The van der Waals surface area contributed by atoms with E-state index in [0.717, 1.165) is 77.5 Å². The van der Waals surface area contributed by atoms with E-state index in [1.807, 2.05) is 78.9 Å². The maximum atomic E-state index is 5.33.